The zero-order valence-corrected chi connectivity index (χ0v) is 21.3. The van der Waals surface area contributed by atoms with Gasteiger partial charge in [0.25, 0.3) is 10.0 Å². The molecule has 0 radical (unpaired) electrons. The van der Waals surface area contributed by atoms with Gasteiger partial charge in [0.2, 0.25) is 0 Å². The summed E-state index contributed by atoms with van der Waals surface area (Å²) in [6.07, 6.45) is 3.42. The Morgan fingerprint density at radius 3 is 2.35 bits per heavy atom. The number of hydrogen-bond donors (Lipinski definition) is 3. The third-order valence-corrected chi connectivity index (χ3v) is 7.74. The van der Waals surface area contributed by atoms with Gasteiger partial charge in [-0.2, -0.15) is 0 Å². The van der Waals surface area contributed by atoms with Crippen LogP contribution in [0, 0.1) is 0 Å². The van der Waals surface area contributed by atoms with Gasteiger partial charge >= 0.3 is 12.0 Å². The van der Waals surface area contributed by atoms with Crippen LogP contribution in [-0.4, -0.2) is 36.0 Å². The van der Waals surface area contributed by atoms with Crippen LogP contribution in [0.5, 0.6) is 0 Å². The molecule has 0 atom stereocenters. The Morgan fingerprint density at radius 2 is 1.68 bits per heavy atom. The maximum absolute atomic E-state index is 13.6. The molecule has 4 aromatic rings. The van der Waals surface area contributed by atoms with E-state index < -0.39 is 16.0 Å². The smallest absolute Gasteiger partial charge is 0.319 e. The quantitative estimate of drug-likeness (QED) is 0.240. The summed E-state index contributed by atoms with van der Waals surface area (Å²) in [6.45, 7) is 2.59. The van der Waals surface area contributed by atoms with Crippen LogP contribution in [0.2, 0.25) is 0 Å². The standard InChI is InChI=1S/C28H29N3O5S/c1-2-3-17-29-28(34)30-23-11-13-24(14-12-23)37(35,36)31-19-22(10-16-27(32)33)25-18-21(9-15-26(25)31)20-7-5-4-6-8-20/h4-9,11-15,18-19H,2-3,10,16-17H2,1H3,(H,32,33)(H2,29,30,34). The first-order chi connectivity index (χ1) is 17.8. The Kier molecular flexibility index (Phi) is 7.93. The Hall–Kier alpha value is -4.11. The molecule has 1 heterocycles. The molecule has 2 amide bonds. The van der Waals surface area contributed by atoms with Crippen LogP contribution >= 0.6 is 0 Å². The molecule has 0 saturated carbocycles. The van der Waals surface area contributed by atoms with Crippen LogP contribution in [0.3, 0.4) is 0 Å². The third kappa shape index (κ3) is 6.00. The normalized spacial score (nSPS) is 11.4. The van der Waals surface area contributed by atoms with E-state index in [0.717, 1.165) is 24.0 Å². The zero-order valence-electron chi connectivity index (χ0n) is 20.5. The molecule has 4 rings (SSSR count). The van der Waals surface area contributed by atoms with Crippen molar-refractivity contribution in [1.82, 2.24) is 9.29 Å². The maximum Gasteiger partial charge on any atom is 0.319 e. The Bertz CT molecular complexity index is 1510. The number of amides is 2. The van der Waals surface area contributed by atoms with Crippen LogP contribution in [0.1, 0.15) is 31.7 Å². The van der Waals surface area contributed by atoms with Crippen LogP contribution in [-0.2, 0) is 21.2 Å². The molecule has 37 heavy (non-hydrogen) atoms. The van der Waals surface area contributed by atoms with E-state index in [1.54, 1.807) is 6.07 Å². The lowest BCUT2D eigenvalue weighted by Gasteiger charge is -2.10. The van der Waals surface area contributed by atoms with Crippen molar-refractivity contribution >= 4 is 38.6 Å². The average Bonchev–Trinajstić information content (AvgIpc) is 3.27. The van der Waals surface area contributed by atoms with Gasteiger partial charge in [-0.15, -0.1) is 0 Å². The highest BCUT2D eigenvalue weighted by atomic mass is 32.2. The lowest BCUT2D eigenvalue weighted by Crippen LogP contribution is -2.29. The molecule has 3 aromatic carbocycles. The topological polar surface area (TPSA) is 118 Å². The first-order valence-corrected chi connectivity index (χ1v) is 13.6. The lowest BCUT2D eigenvalue weighted by atomic mass is 10.0. The fraction of sp³-hybridized carbons (Fsp3) is 0.214. The van der Waals surface area contributed by atoms with Crippen molar-refractivity contribution in [2.24, 2.45) is 0 Å². The van der Waals surface area contributed by atoms with Crippen LogP contribution < -0.4 is 10.6 Å². The van der Waals surface area contributed by atoms with Gasteiger partial charge in [0.05, 0.1) is 10.4 Å². The summed E-state index contributed by atoms with van der Waals surface area (Å²) >= 11 is 0. The number of rotatable bonds is 10. The molecule has 0 aliphatic carbocycles. The molecule has 0 fully saturated rings. The minimum absolute atomic E-state index is 0.0539. The van der Waals surface area contributed by atoms with Gasteiger partial charge in [0, 0.05) is 30.2 Å². The molecule has 8 nitrogen and oxygen atoms in total. The molecule has 0 saturated heterocycles. The summed E-state index contributed by atoms with van der Waals surface area (Å²) in [5.41, 5.74) is 3.47. The van der Waals surface area contributed by atoms with Gasteiger partial charge in [-0.25, -0.2) is 17.2 Å². The number of urea groups is 1. The predicted octanol–water partition coefficient (Wildman–Crippen LogP) is 5.48. The van der Waals surface area contributed by atoms with Crippen molar-refractivity contribution in [3.8, 4) is 11.1 Å². The lowest BCUT2D eigenvalue weighted by molar-refractivity contribution is -0.136. The number of anilines is 1. The minimum Gasteiger partial charge on any atom is -0.481 e. The molecule has 0 bridgehead atoms. The highest BCUT2D eigenvalue weighted by Gasteiger charge is 2.22. The number of hydrogen-bond acceptors (Lipinski definition) is 4. The number of aromatic nitrogens is 1. The van der Waals surface area contributed by atoms with E-state index in [2.05, 4.69) is 10.6 Å². The molecule has 3 N–H and O–H groups in total. The van der Waals surface area contributed by atoms with Crippen LogP contribution in [0.15, 0.2) is 83.9 Å². The fourth-order valence-corrected chi connectivity index (χ4v) is 5.48. The Labute approximate surface area is 216 Å². The van der Waals surface area contributed by atoms with Gasteiger partial charge < -0.3 is 15.7 Å². The number of aliphatic carboxylic acids is 1. The number of nitrogens with one attached hydrogen (secondary N) is 2. The van der Waals surface area contributed by atoms with Crippen molar-refractivity contribution in [3.05, 3.63) is 84.6 Å². The minimum atomic E-state index is -3.98. The number of nitrogens with zero attached hydrogens (tertiary/aromatic N) is 1. The fourth-order valence-electron chi connectivity index (χ4n) is 4.09. The van der Waals surface area contributed by atoms with Gasteiger partial charge in [-0.3, -0.25) is 4.79 Å². The van der Waals surface area contributed by atoms with Crippen LogP contribution in [0.25, 0.3) is 22.0 Å². The van der Waals surface area contributed by atoms with Crippen molar-refractivity contribution in [1.29, 1.82) is 0 Å². The summed E-state index contributed by atoms with van der Waals surface area (Å²) in [5, 5.41) is 15.3. The number of aryl methyl sites for hydroxylation is 1. The molecule has 0 unspecified atom stereocenters. The zero-order chi connectivity index (χ0) is 26.4. The molecule has 0 aliphatic rings. The summed E-state index contributed by atoms with van der Waals surface area (Å²) in [4.78, 5) is 23.3. The second kappa shape index (κ2) is 11.3. The van der Waals surface area contributed by atoms with Gasteiger partial charge in [0.1, 0.15) is 0 Å². The van der Waals surface area contributed by atoms with Gasteiger partial charge in [-0.1, -0.05) is 49.7 Å². The number of carbonyl (C=O) groups excluding carboxylic acids is 1. The van der Waals surface area contributed by atoms with E-state index in [1.165, 1.54) is 34.4 Å². The van der Waals surface area contributed by atoms with E-state index in [-0.39, 0.29) is 23.8 Å². The van der Waals surface area contributed by atoms with Gasteiger partial charge in [0.15, 0.2) is 0 Å². The molecule has 0 aliphatic heterocycles. The van der Waals surface area contributed by atoms with Gasteiger partial charge in [-0.05, 0) is 65.9 Å². The van der Waals surface area contributed by atoms with Crippen molar-refractivity contribution < 1.29 is 23.1 Å². The summed E-state index contributed by atoms with van der Waals surface area (Å²) in [5.74, 6) is -0.954. The SMILES string of the molecule is CCCCNC(=O)Nc1ccc(S(=O)(=O)n2cc(CCC(=O)O)c3cc(-c4ccccc4)ccc32)cc1. The monoisotopic (exact) mass is 519 g/mol. The summed E-state index contributed by atoms with van der Waals surface area (Å²) in [7, 11) is -3.98. The average molecular weight is 520 g/mol. The maximum atomic E-state index is 13.6. The number of carboxylic acid groups (broad SMARTS) is 1. The molecule has 192 valence electrons. The van der Waals surface area contributed by atoms with E-state index in [4.69, 9.17) is 0 Å². The summed E-state index contributed by atoms with van der Waals surface area (Å²) < 4.78 is 28.4. The van der Waals surface area contributed by atoms with E-state index in [1.807, 2.05) is 49.4 Å². The number of carboxylic acids is 1. The van der Waals surface area contributed by atoms with E-state index >= 15 is 0 Å². The molecular formula is C28H29N3O5S. The number of benzene rings is 3. The Balaban J connectivity index is 1.67. The largest absolute Gasteiger partial charge is 0.481 e. The number of unbranched alkanes of at least 4 members (excludes halogenated alkanes) is 1. The third-order valence-electron chi connectivity index (χ3n) is 6.05. The Morgan fingerprint density at radius 1 is 0.946 bits per heavy atom. The molecule has 0 spiro atoms. The highest BCUT2D eigenvalue weighted by Crippen LogP contribution is 2.31. The van der Waals surface area contributed by atoms with E-state index in [9.17, 15) is 23.1 Å². The summed E-state index contributed by atoms with van der Waals surface area (Å²) in [6, 6.07) is 20.8. The second-order valence-electron chi connectivity index (χ2n) is 8.71. The molecule has 9 heteroatoms. The molecule has 1 aromatic heterocycles. The van der Waals surface area contributed by atoms with Crippen LogP contribution in [0.4, 0.5) is 10.5 Å². The van der Waals surface area contributed by atoms with Crippen molar-refractivity contribution in [3.63, 3.8) is 0 Å². The first kappa shape index (κ1) is 26.0. The second-order valence-corrected chi connectivity index (χ2v) is 10.5. The van der Waals surface area contributed by atoms with Crippen molar-refractivity contribution in [2.75, 3.05) is 11.9 Å². The number of fused-ring (bicyclic) bond motifs is 1. The predicted molar refractivity (Wildman–Crippen MR) is 144 cm³/mol. The van der Waals surface area contributed by atoms with Crippen molar-refractivity contribution in [2.45, 2.75) is 37.5 Å². The first-order valence-electron chi connectivity index (χ1n) is 12.1. The number of carbonyl (C=O) groups is 2. The van der Waals surface area contributed by atoms with E-state index in [0.29, 0.717) is 28.7 Å². The highest BCUT2D eigenvalue weighted by molar-refractivity contribution is 7.90. The molecular weight excluding hydrogens is 490 g/mol.